The smallest absolute Gasteiger partial charge is 0.349 e. The van der Waals surface area contributed by atoms with Gasteiger partial charge in [0.2, 0.25) is 0 Å². The second-order valence-electron chi connectivity index (χ2n) is 3.20. The molecule has 1 aromatic rings. The largest absolute Gasteiger partial charge is 0.462 e. The Morgan fingerprint density at radius 2 is 2.00 bits per heavy atom. The van der Waals surface area contributed by atoms with Crippen LogP contribution >= 0.6 is 0 Å². The number of carbonyl (C=O) groups excluding carboxylic acids is 1. The highest BCUT2D eigenvalue weighted by Gasteiger charge is 2.14. The molecule has 0 amide bonds. The van der Waals surface area contributed by atoms with E-state index < -0.39 is 5.97 Å². The number of allylic oxidation sites excluding steroid dienone is 1. The normalized spacial score (nSPS) is 11.3. The summed E-state index contributed by atoms with van der Waals surface area (Å²) in [6.45, 7) is 3.72. The zero-order chi connectivity index (χ0) is 12.0. The topological polar surface area (TPSA) is 50.1 Å². The van der Waals surface area contributed by atoms with Crippen molar-refractivity contribution in [2.75, 3.05) is 6.61 Å². The molecule has 0 radical (unpaired) electrons. The molecular formula is C13H13NO2. The van der Waals surface area contributed by atoms with Crippen molar-refractivity contribution >= 4 is 11.5 Å². The molecule has 3 nitrogen and oxygen atoms in total. The predicted octanol–water partition coefficient (Wildman–Crippen LogP) is 2.55. The van der Waals surface area contributed by atoms with E-state index in [1.54, 1.807) is 13.8 Å². The Bertz CT molecular complexity index is 441. The molecule has 0 spiro atoms. The van der Waals surface area contributed by atoms with Crippen molar-refractivity contribution in [3.8, 4) is 6.07 Å². The average Bonchev–Trinajstić information content (AvgIpc) is 2.31. The van der Waals surface area contributed by atoms with E-state index in [0.717, 1.165) is 5.56 Å². The van der Waals surface area contributed by atoms with Gasteiger partial charge < -0.3 is 4.74 Å². The van der Waals surface area contributed by atoms with Gasteiger partial charge in [0.05, 0.1) is 6.61 Å². The fourth-order valence-corrected chi connectivity index (χ4v) is 1.32. The van der Waals surface area contributed by atoms with Crippen LogP contribution in [-0.2, 0) is 9.53 Å². The van der Waals surface area contributed by atoms with Crippen LogP contribution in [0.15, 0.2) is 35.9 Å². The summed E-state index contributed by atoms with van der Waals surface area (Å²) in [5, 5.41) is 8.95. The van der Waals surface area contributed by atoms with E-state index in [-0.39, 0.29) is 12.2 Å². The van der Waals surface area contributed by atoms with Crippen LogP contribution in [0.5, 0.6) is 0 Å². The molecule has 0 heterocycles. The molecule has 0 saturated carbocycles. The summed E-state index contributed by atoms with van der Waals surface area (Å²) in [4.78, 5) is 11.5. The molecule has 0 aromatic heterocycles. The number of nitrogens with zero attached hydrogens (tertiary/aromatic N) is 1. The molecule has 1 rings (SSSR count). The Morgan fingerprint density at radius 1 is 1.38 bits per heavy atom. The van der Waals surface area contributed by atoms with E-state index in [2.05, 4.69) is 0 Å². The van der Waals surface area contributed by atoms with Crippen LogP contribution in [0.4, 0.5) is 0 Å². The lowest BCUT2D eigenvalue weighted by atomic mass is 10.0. The summed E-state index contributed by atoms with van der Waals surface area (Å²) in [7, 11) is 0. The lowest BCUT2D eigenvalue weighted by Gasteiger charge is -2.05. The second kappa shape index (κ2) is 5.72. The Morgan fingerprint density at radius 3 is 2.50 bits per heavy atom. The van der Waals surface area contributed by atoms with Gasteiger partial charge in [-0.05, 0) is 25.0 Å². The number of hydrogen-bond donors (Lipinski definition) is 0. The number of rotatable bonds is 3. The number of ether oxygens (including phenoxy) is 1. The Balaban J connectivity index is 3.11. The standard InChI is InChI=1S/C13H13NO2/c1-3-16-13(15)12(9-14)10(2)11-7-5-4-6-8-11/h4-8H,3H2,1-2H3/b12-10+. The molecular weight excluding hydrogens is 202 g/mol. The highest BCUT2D eigenvalue weighted by molar-refractivity contribution is 6.01. The van der Waals surface area contributed by atoms with Gasteiger partial charge >= 0.3 is 5.97 Å². The van der Waals surface area contributed by atoms with Crippen LogP contribution < -0.4 is 0 Å². The van der Waals surface area contributed by atoms with Crippen LogP contribution in [0.1, 0.15) is 19.4 Å². The SMILES string of the molecule is CCOC(=O)/C(C#N)=C(\C)c1ccccc1. The first-order valence-corrected chi connectivity index (χ1v) is 5.04. The molecule has 16 heavy (non-hydrogen) atoms. The summed E-state index contributed by atoms with van der Waals surface area (Å²) in [6.07, 6.45) is 0. The molecule has 1 aromatic carbocycles. The number of carbonyl (C=O) groups is 1. The number of esters is 1. The number of benzene rings is 1. The van der Waals surface area contributed by atoms with E-state index >= 15 is 0 Å². The average molecular weight is 215 g/mol. The van der Waals surface area contributed by atoms with Crippen molar-refractivity contribution in [1.82, 2.24) is 0 Å². The van der Waals surface area contributed by atoms with Crippen molar-refractivity contribution in [3.05, 3.63) is 41.5 Å². The maximum Gasteiger partial charge on any atom is 0.349 e. The minimum absolute atomic E-state index is 0.0630. The van der Waals surface area contributed by atoms with Crippen molar-refractivity contribution in [2.45, 2.75) is 13.8 Å². The van der Waals surface area contributed by atoms with Gasteiger partial charge in [0.25, 0.3) is 0 Å². The molecule has 0 bridgehead atoms. The summed E-state index contributed by atoms with van der Waals surface area (Å²) in [6, 6.07) is 11.2. The van der Waals surface area contributed by atoms with E-state index in [4.69, 9.17) is 10.00 Å². The molecule has 3 heteroatoms. The highest BCUT2D eigenvalue weighted by Crippen LogP contribution is 2.18. The zero-order valence-electron chi connectivity index (χ0n) is 9.36. The minimum atomic E-state index is -0.564. The quantitative estimate of drug-likeness (QED) is 0.442. The predicted molar refractivity (Wildman–Crippen MR) is 61.3 cm³/mol. The highest BCUT2D eigenvalue weighted by atomic mass is 16.5. The summed E-state index contributed by atoms with van der Waals surface area (Å²) in [5.74, 6) is -0.564. The van der Waals surface area contributed by atoms with Gasteiger partial charge in [-0.25, -0.2) is 4.79 Å². The number of hydrogen-bond acceptors (Lipinski definition) is 3. The fourth-order valence-electron chi connectivity index (χ4n) is 1.32. The summed E-state index contributed by atoms with van der Waals surface area (Å²) in [5.41, 5.74) is 1.56. The fraction of sp³-hybridized carbons (Fsp3) is 0.231. The maximum atomic E-state index is 11.5. The molecule has 0 N–H and O–H groups in total. The van der Waals surface area contributed by atoms with Gasteiger partial charge in [-0.2, -0.15) is 5.26 Å². The van der Waals surface area contributed by atoms with Gasteiger partial charge in [0.1, 0.15) is 11.6 Å². The van der Waals surface area contributed by atoms with Gasteiger partial charge in [-0.15, -0.1) is 0 Å². The van der Waals surface area contributed by atoms with Crippen LogP contribution in [-0.4, -0.2) is 12.6 Å². The van der Waals surface area contributed by atoms with Crippen LogP contribution in [0.25, 0.3) is 5.57 Å². The lowest BCUT2D eigenvalue weighted by Crippen LogP contribution is -2.07. The second-order valence-corrected chi connectivity index (χ2v) is 3.20. The Hall–Kier alpha value is -2.08. The van der Waals surface area contributed by atoms with Gasteiger partial charge in [0.15, 0.2) is 0 Å². The van der Waals surface area contributed by atoms with Crippen molar-refractivity contribution in [2.24, 2.45) is 0 Å². The first-order valence-electron chi connectivity index (χ1n) is 5.04. The van der Waals surface area contributed by atoms with Crippen LogP contribution in [0, 0.1) is 11.3 Å². The van der Waals surface area contributed by atoms with E-state index in [1.165, 1.54) is 0 Å². The first-order chi connectivity index (χ1) is 7.70. The zero-order valence-corrected chi connectivity index (χ0v) is 9.36. The third-order valence-electron chi connectivity index (χ3n) is 2.17. The Kier molecular flexibility index (Phi) is 4.28. The van der Waals surface area contributed by atoms with Crippen LogP contribution in [0.3, 0.4) is 0 Å². The van der Waals surface area contributed by atoms with E-state index in [1.807, 2.05) is 36.4 Å². The molecule has 82 valence electrons. The molecule has 0 unspecified atom stereocenters. The summed E-state index contributed by atoms with van der Waals surface area (Å²) < 4.78 is 4.82. The molecule has 0 aliphatic rings. The Labute approximate surface area is 95.0 Å². The van der Waals surface area contributed by atoms with E-state index in [0.29, 0.717) is 5.57 Å². The van der Waals surface area contributed by atoms with Gasteiger partial charge in [-0.3, -0.25) is 0 Å². The van der Waals surface area contributed by atoms with Gasteiger partial charge in [-0.1, -0.05) is 30.3 Å². The van der Waals surface area contributed by atoms with Crippen molar-refractivity contribution < 1.29 is 9.53 Å². The molecule has 0 aliphatic heterocycles. The molecule has 0 fully saturated rings. The van der Waals surface area contributed by atoms with Gasteiger partial charge in [0, 0.05) is 0 Å². The van der Waals surface area contributed by atoms with Crippen LogP contribution in [0.2, 0.25) is 0 Å². The molecule has 0 aliphatic carbocycles. The van der Waals surface area contributed by atoms with Crippen molar-refractivity contribution in [1.29, 1.82) is 5.26 Å². The lowest BCUT2D eigenvalue weighted by molar-refractivity contribution is -0.137. The first kappa shape index (κ1) is 12.0. The third-order valence-corrected chi connectivity index (χ3v) is 2.17. The molecule has 0 atom stereocenters. The van der Waals surface area contributed by atoms with Crippen molar-refractivity contribution in [3.63, 3.8) is 0 Å². The summed E-state index contributed by atoms with van der Waals surface area (Å²) >= 11 is 0. The third kappa shape index (κ3) is 2.71. The molecule has 0 saturated heterocycles. The van der Waals surface area contributed by atoms with E-state index in [9.17, 15) is 4.79 Å². The number of nitriles is 1. The minimum Gasteiger partial charge on any atom is -0.462 e. The maximum absolute atomic E-state index is 11.5. The monoisotopic (exact) mass is 215 g/mol.